The summed E-state index contributed by atoms with van der Waals surface area (Å²) in [6.45, 7) is 1.42. The number of carboxylic acid groups (broad SMARTS) is 1. The summed E-state index contributed by atoms with van der Waals surface area (Å²) in [5.41, 5.74) is 5.18. The SMILES string of the molecule is CC(=O)N(O)[C@@H](CCCN)C(=O)O. The van der Waals surface area contributed by atoms with E-state index in [1.807, 2.05) is 0 Å². The summed E-state index contributed by atoms with van der Waals surface area (Å²) in [6, 6.07) is -1.19. The average Bonchev–Trinajstić information content (AvgIpc) is 2.04. The molecule has 6 nitrogen and oxygen atoms in total. The van der Waals surface area contributed by atoms with Gasteiger partial charge in [0.1, 0.15) is 0 Å². The van der Waals surface area contributed by atoms with E-state index in [9.17, 15) is 9.59 Å². The molecular weight excluding hydrogens is 176 g/mol. The van der Waals surface area contributed by atoms with Crippen molar-refractivity contribution >= 4 is 11.9 Å². The number of carbonyl (C=O) groups is 2. The third kappa shape index (κ3) is 3.86. The number of nitrogens with two attached hydrogens (primary N) is 1. The van der Waals surface area contributed by atoms with Crippen LogP contribution >= 0.6 is 0 Å². The van der Waals surface area contributed by atoms with Crippen LogP contribution in [0.2, 0.25) is 0 Å². The van der Waals surface area contributed by atoms with Crippen molar-refractivity contribution in [1.82, 2.24) is 5.06 Å². The van der Waals surface area contributed by atoms with Gasteiger partial charge in [0.05, 0.1) is 0 Å². The molecule has 0 rings (SSSR count). The van der Waals surface area contributed by atoms with Crippen LogP contribution in [0.5, 0.6) is 0 Å². The van der Waals surface area contributed by atoms with Crippen molar-refractivity contribution in [2.75, 3.05) is 6.54 Å². The number of hydrogen-bond donors (Lipinski definition) is 3. The molecule has 0 saturated heterocycles. The highest BCUT2D eigenvalue weighted by Crippen LogP contribution is 2.04. The maximum Gasteiger partial charge on any atom is 0.329 e. The summed E-state index contributed by atoms with van der Waals surface area (Å²) in [7, 11) is 0. The molecule has 0 unspecified atom stereocenters. The summed E-state index contributed by atoms with van der Waals surface area (Å²) >= 11 is 0. The molecule has 0 aromatic rings. The van der Waals surface area contributed by atoms with Crippen molar-refractivity contribution in [2.24, 2.45) is 5.73 Å². The fraction of sp³-hybridized carbons (Fsp3) is 0.714. The Hall–Kier alpha value is -1.14. The first-order valence-corrected chi connectivity index (χ1v) is 3.92. The first-order valence-electron chi connectivity index (χ1n) is 3.92. The molecule has 0 heterocycles. The molecule has 6 heteroatoms. The van der Waals surface area contributed by atoms with Crippen LogP contribution in [0.15, 0.2) is 0 Å². The molecule has 13 heavy (non-hydrogen) atoms. The van der Waals surface area contributed by atoms with Gasteiger partial charge in [-0.25, -0.2) is 9.86 Å². The second kappa shape index (κ2) is 5.50. The van der Waals surface area contributed by atoms with Gasteiger partial charge in [-0.2, -0.15) is 0 Å². The van der Waals surface area contributed by atoms with Gasteiger partial charge in [-0.3, -0.25) is 10.0 Å². The molecule has 1 amide bonds. The summed E-state index contributed by atoms with van der Waals surface area (Å²) in [6.07, 6.45) is 0.600. The highest BCUT2D eigenvalue weighted by Gasteiger charge is 2.25. The quantitative estimate of drug-likeness (QED) is 0.397. The lowest BCUT2D eigenvalue weighted by atomic mass is 10.1. The molecule has 0 aliphatic rings. The fourth-order valence-electron chi connectivity index (χ4n) is 0.881. The molecule has 0 bridgehead atoms. The monoisotopic (exact) mass is 190 g/mol. The first-order chi connectivity index (χ1) is 6.00. The molecule has 0 aliphatic carbocycles. The van der Waals surface area contributed by atoms with Crippen molar-refractivity contribution in [1.29, 1.82) is 0 Å². The van der Waals surface area contributed by atoms with E-state index in [2.05, 4.69) is 0 Å². The number of rotatable bonds is 5. The van der Waals surface area contributed by atoms with Crippen LogP contribution in [0.4, 0.5) is 0 Å². The van der Waals surface area contributed by atoms with Crippen molar-refractivity contribution in [2.45, 2.75) is 25.8 Å². The van der Waals surface area contributed by atoms with E-state index in [4.69, 9.17) is 16.0 Å². The van der Waals surface area contributed by atoms with E-state index in [-0.39, 0.29) is 11.5 Å². The Kier molecular flexibility index (Phi) is 5.01. The molecule has 76 valence electrons. The lowest BCUT2D eigenvalue weighted by Crippen LogP contribution is -2.42. The van der Waals surface area contributed by atoms with Crippen molar-refractivity contribution in [3.63, 3.8) is 0 Å². The van der Waals surface area contributed by atoms with E-state index in [1.165, 1.54) is 0 Å². The van der Waals surface area contributed by atoms with Crippen molar-refractivity contribution in [3.05, 3.63) is 0 Å². The summed E-state index contributed by atoms with van der Waals surface area (Å²) in [5.74, 6) is -1.92. The lowest BCUT2D eigenvalue weighted by Gasteiger charge is -2.20. The van der Waals surface area contributed by atoms with Crippen molar-refractivity contribution < 1.29 is 19.9 Å². The third-order valence-electron chi connectivity index (χ3n) is 1.58. The van der Waals surface area contributed by atoms with Gasteiger partial charge < -0.3 is 10.8 Å². The molecule has 0 aromatic heterocycles. The van der Waals surface area contributed by atoms with Gasteiger partial charge >= 0.3 is 5.97 Å². The second-order valence-electron chi connectivity index (χ2n) is 2.65. The van der Waals surface area contributed by atoms with E-state index < -0.39 is 17.9 Å². The number of hydroxylamine groups is 2. The highest BCUT2D eigenvalue weighted by molar-refractivity contribution is 5.81. The number of amides is 1. The Morgan fingerprint density at radius 3 is 2.38 bits per heavy atom. The Balaban J connectivity index is 4.24. The van der Waals surface area contributed by atoms with Crippen molar-refractivity contribution in [3.8, 4) is 0 Å². The normalized spacial score (nSPS) is 12.2. The van der Waals surface area contributed by atoms with Gasteiger partial charge in [0.25, 0.3) is 0 Å². The van der Waals surface area contributed by atoms with Gasteiger partial charge in [0.2, 0.25) is 5.91 Å². The summed E-state index contributed by atoms with van der Waals surface area (Å²) in [5, 5.41) is 17.9. The first kappa shape index (κ1) is 11.9. The van der Waals surface area contributed by atoms with E-state index in [0.29, 0.717) is 13.0 Å². The van der Waals surface area contributed by atoms with Crippen LogP contribution < -0.4 is 5.73 Å². The number of aliphatic carboxylic acids is 1. The predicted molar refractivity (Wildman–Crippen MR) is 44.0 cm³/mol. The lowest BCUT2D eigenvalue weighted by molar-refractivity contribution is -0.184. The van der Waals surface area contributed by atoms with Crippen LogP contribution in [0.3, 0.4) is 0 Å². The van der Waals surface area contributed by atoms with Crippen LogP contribution in [0.1, 0.15) is 19.8 Å². The zero-order chi connectivity index (χ0) is 10.4. The van der Waals surface area contributed by atoms with Crippen LogP contribution in [-0.4, -0.2) is 39.8 Å². The summed E-state index contributed by atoms with van der Waals surface area (Å²) in [4.78, 5) is 21.2. The Labute approximate surface area is 75.9 Å². The number of carboxylic acids is 1. The van der Waals surface area contributed by atoms with Crippen LogP contribution in [0, 0.1) is 0 Å². The van der Waals surface area contributed by atoms with Gasteiger partial charge in [-0.15, -0.1) is 0 Å². The van der Waals surface area contributed by atoms with Crippen LogP contribution in [-0.2, 0) is 9.59 Å². The molecule has 0 spiro atoms. The Morgan fingerprint density at radius 1 is 1.54 bits per heavy atom. The number of nitrogens with zero attached hydrogens (tertiary/aromatic N) is 1. The number of hydrogen-bond acceptors (Lipinski definition) is 4. The standard InChI is InChI=1S/C7H14N2O4/c1-5(10)9(13)6(7(11)12)3-2-4-8/h6,13H,2-4,8H2,1H3,(H,11,12)/t6-/m0/s1. The third-order valence-corrected chi connectivity index (χ3v) is 1.58. The number of carbonyl (C=O) groups excluding carboxylic acids is 1. The molecule has 0 aliphatic heterocycles. The minimum Gasteiger partial charge on any atom is -0.480 e. The summed E-state index contributed by atoms with van der Waals surface area (Å²) < 4.78 is 0. The van der Waals surface area contributed by atoms with Gasteiger partial charge in [0, 0.05) is 6.92 Å². The minimum atomic E-state index is -1.23. The van der Waals surface area contributed by atoms with Gasteiger partial charge in [-0.1, -0.05) is 0 Å². The molecule has 0 fully saturated rings. The Bertz CT molecular complexity index is 195. The van der Waals surface area contributed by atoms with E-state index >= 15 is 0 Å². The van der Waals surface area contributed by atoms with Gasteiger partial charge in [-0.05, 0) is 19.4 Å². The van der Waals surface area contributed by atoms with E-state index in [1.54, 1.807) is 0 Å². The molecule has 0 aromatic carbocycles. The molecule has 4 N–H and O–H groups in total. The zero-order valence-corrected chi connectivity index (χ0v) is 7.43. The minimum absolute atomic E-state index is 0.155. The maximum atomic E-state index is 10.6. The smallest absolute Gasteiger partial charge is 0.329 e. The Morgan fingerprint density at radius 2 is 2.08 bits per heavy atom. The second-order valence-corrected chi connectivity index (χ2v) is 2.65. The topological polar surface area (TPSA) is 104 Å². The fourth-order valence-corrected chi connectivity index (χ4v) is 0.881. The highest BCUT2D eigenvalue weighted by atomic mass is 16.5. The molecule has 0 saturated carbocycles. The van der Waals surface area contributed by atoms with Gasteiger partial charge in [0.15, 0.2) is 6.04 Å². The molecule has 1 atom stereocenters. The predicted octanol–water partition coefficient (Wildman–Crippen LogP) is -0.584. The van der Waals surface area contributed by atoms with Crippen LogP contribution in [0.25, 0.3) is 0 Å². The maximum absolute atomic E-state index is 10.6. The van der Waals surface area contributed by atoms with E-state index in [0.717, 1.165) is 6.92 Å². The molecule has 0 radical (unpaired) electrons. The molecular formula is C7H14N2O4. The zero-order valence-electron chi connectivity index (χ0n) is 7.43. The average molecular weight is 190 g/mol. The largest absolute Gasteiger partial charge is 0.480 e.